The average Bonchev–Trinajstić information content (AvgIpc) is 3.28. The van der Waals surface area contributed by atoms with Gasteiger partial charge in [0.15, 0.2) is 5.82 Å². The van der Waals surface area contributed by atoms with E-state index in [1.165, 1.54) is 9.36 Å². The monoisotopic (exact) mass is 576 g/mol. The Morgan fingerprint density at radius 3 is 2.69 bits per heavy atom. The third-order valence-corrected chi connectivity index (χ3v) is 5.69. The fourth-order valence-electron chi connectivity index (χ4n) is 3.43. The van der Waals surface area contributed by atoms with Gasteiger partial charge < -0.3 is 20.1 Å². The molecular formula is C17H18BrIN6O4. The van der Waals surface area contributed by atoms with Crippen LogP contribution in [0.3, 0.4) is 0 Å². The minimum atomic E-state index is -1.19. The predicted octanol–water partition coefficient (Wildman–Crippen LogP) is 0.930. The molecule has 12 heteroatoms. The first-order valence-electron chi connectivity index (χ1n) is 8.75. The molecule has 0 aromatic carbocycles. The van der Waals surface area contributed by atoms with Crippen LogP contribution >= 0.6 is 38.5 Å². The molecule has 0 spiro atoms. The number of aliphatic hydroxyl groups is 3. The summed E-state index contributed by atoms with van der Waals surface area (Å²) < 4.78 is 10.5. The van der Waals surface area contributed by atoms with Crippen LogP contribution in [0.1, 0.15) is 23.8 Å². The van der Waals surface area contributed by atoms with E-state index in [0.29, 0.717) is 17.3 Å². The van der Waals surface area contributed by atoms with Crippen molar-refractivity contribution in [1.29, 1.82) is 0 Å². The fourth-order valence-corrected chi connectivity index (χ4v) is 4.19. The molecule has 3 aromatic heterocycles. The number of aryl methyl sites for hydroxylation is 1. The largest absolute Gasteiger partial charge is 0.394 e. The maximum atomic E-state index is 11.1. The zero-order valence-electron chi connectivity index (χ0n) is 15.2. The summed E-state index contributed by atoms with van der Waals surface area (Å²) in [6, 6.07) is 0.978. The Balaban J connectivity index is 1.78. The van der Waals surface area contributed by atoms with E-state index < -0.39 is 37.1 Å². The molecule has 4 rings (SSSR count). The zero-order valence-corrected chi connectivity index (χ0v) is 18.9. The molecule has 5 atom stereocenters. The number of halogens is 2. The van der Waals surface area contributed by atoms with Crippen molar-refractivity contribution in [2.75, 3.05) is 6.61 Å². The highest BCUT2D eigenvalue weighted by Crippen LogP contribution is 2.38. The standard InChI is InChI=1S/C17H18BrIN6O4/c1-8-22-17(25(23-8)11-2-9(18)3-20-5-11)16-15(28)13(14(27)12(7-26)29-16)24-6-10(19)4-21-24/h2-6,12-16,26-28H,7H2,1H3/t12?,13-,14-,15?,16+/m0/s1. The Morgan fingerprint density at radius 2 is 2.03 bits per heavy atom. The number of nitrogens with zero attached hydrogens (tertiary/aromatic N) is 6. The summed E-state index contributed by atoms with van der Waals surface area (Å²) in [5.41, 5.74) is 0.627. The number of hydrogen-bond acceptors (Lipinski definition) is 8. The molecule has 0 bridgehead atoms. The summed E-state index contributed by atoms with van der Waals surface area (Å²) in [4.78, 5) is 8.60. The van der Waals surface area contributed by atoms with Crippen LogP contribution in [0, 0.1) is 10.5 Å². The van der Waals surface area contributed by atoms with Gasteiger partial charge in [0.05, 0.1) is 28.3 Å². The molecule has 10 nitrogen and oxygen atoms in total. The lowest BCUT2D eigenvalue weighted by atomic mass is 9.92. The van der Waals surface area contributed by atoms with Crippen molar-refractivity contribution in [3.05, 3.63) is 50.5 Å². The molecule has 29 heavy (non-hydrogen) atoms. The second-order valence-corrected chi connectivity index (χ2v) is 8.84. The molecule has 154 valence electrons. The Morgan fingerprint density at radius 1 is 1.24 bits per heavy atom. The van der Waals surface area contributed by atoms with Crippen molar-refractivity contribution in [2.24, 2.45) is 0 Å². The van der Waals surface area contributed by atoms with Gasteiger partial charge in [-0.15, -0.1) is 0 Å². The Bertz CT molecular complexity index is 1010. The molecule has 3 aromatic rings. The number of rotatable bonds is 4. The molecule has 1 saturated heterocycles. The van der Waals surface area contributed by atoms with Crippen LogP contribution in [0.25, 0.3) is 5.69 Å². The molecule has 4 heterocycles. The Hall–Kier alpha value is -1.45. The maximum Gasteiger partial charge on any atom is 0.164 e. The molecular weight excluding hydrogens is 559 g/mol. The van der Waals surface area contributed by atoms with E-state index in [0.717, 1.165) is 8.04 Å². The van der Waals surface area contributed by atoms with Crippen LogP contribution in [0.2, 0.25) is 0 Å². The van der Waals surface area contributed by atoms with E-state index in [-0.39, 0.29) is 0 Å². The van der Waals surface area contributed by atoms with Crippen molar-refractivity contribution in [2.45, 2.75) is 37.4 Å². The third-order valence-electron chi connectivity index (χ3n) is 4.70. The van der Waals surface area contributed by atoms with Crippen LogP contribution in [-0.2, 0) is 4.74 Å². The van der Waals surface area contributed by atoms with Gasteiger partial charge in [0, 0.05) is 16.9 Å². The van der Waals surface area contributed by atoms with E-state index in [2.05, 4.69) is 58.7 Å². The first-order chi connectivity index (χ1) is 13.9. The van der Waals surface area contributed by atoms with Gasteiger partial charge in [0.25, 0.3) is 0 Å². The molecule has 1 aliphatic heterocycles. The SMILES string of the molecule is Cc1nc([C@@H]2OC(CO)[C@H](O)[C@H](n3cc(I)cn3)C2O)n(-c2cncc(Br)c2)n1. The third kappa shape index (κ3) is 3.96. The van der Waals surface area contributed by atoms with E-state index in [1.807, 2.05) is 6.07 Å². The van der Waals surface area contributed by atoms with Gasteiger partial charge in [-0.3, -0.25) is 9.67 Å². The lowest BCUT2D eigenvalue weighted by molar-refractivity contribution is -0.210. The van der Waals surface area contributed by atoms with E-state index >= 15 is 0 Å². The van der Waals surface area contributed by atoms with Crippen molar-refractivity contribution in [1.82, 2.24) is 29.5 Å². The van der Waals surface area contributed by atoms with Gasteiger partial charge in [0.2, 0.25) is 0 Å². The summed E-state index contributed by atoms with van der Waals surface area (Å²) in [5, 5.41) is 40.2. The van der Waals surface area contributed by atoms with Gasteiger partial charge in [-0.1, -0.05) is 0 Å². The molecule has 3 N–H and O–H groups in total. The van der Waals surface area contributed by atoms with Crippen LogP contribution < -0.4 is 0 Å². The quantitative estimate of drug-likeness (QED) is 0.391. The van der Waals surface area contributed by atoms with Crippen molar-refractivity contribution in [3.8, 4) is 5.69 Å². The predicted molar refractivity (Wildman–Crippen MR) is 112 cm³/mol. The summed E-state index contributed by atoms with van der Waals surface area (Å²) in [6.45, 7) is 1.30. The van der Waals surface area contributed by atoms with Crippen LogP contribution in [0.5, 0.6) is 0 Å². The van der Waals surface area contributed by atoms with Crippen LogP contribution in [0.15, 0.2) is 35.3 Å². The minimum Gasteiger partial charge on any atom is -0.394 e. The highest BCUT2D eigenvalue weighted by atomic mass is 127. The van der Waals surface area contributed by atoms with Gasteiger partial charge in [-0.2, -0.15) is 10.2 Å². The lowest BCUT2D eigenvalue weighted by Crippen LogP contribution is -2.53. The normalized spacial score (nSPS) is 27.3. The Labute approximate surface area is 187 Å². The fraction of sp³-hybridized carbons (Fsp3) is 0.412. The minimum absolute atomic E-state index is 0.340. The van der Waals surface area contributed by atoms with Gasteiger partial charge in [-0.05, 0) is 51.5 Å². The number of hydrogen-bond donors (Lipinski definition) is 3. The molecule has 1 aliphatic rings. The lowest BCUT2D eigenvalue weighted by Gasteiger charge is -2.41. The number of pyridine rings is 1. The first-order valence-corrected chi connectivity index (χ1v) is 10.6. The summed E-state index contributed by atoms with van der Waals surface area (Å²) in [6.07, 6.45) is 2.36. The summed E-state index contributed by atoms with van der Waals surface area (Å²) in [5.74, 6) is 0.819. The molecule has 1 fully saturated rings. The van der Waals surface area contributed by atoms with Gasteiger partial charge in [-0.25, -0.2) is 9.67 Å². The first kappa shape index (κ1) is 20.8. The van der Waals surface area contributed by atoms with Crippen LogP contribution in [0.4, 0.5) is 0 Å². The maximum absolute atomic E-state index is 11.1. The Kier molecular flexibility index (Phi) is 5.99. The van der Waals surface area contributed by atoms with Crippen molar-refractivity contribution in [3.63, 3.8) is 0 Å². The molecule has 2 unspecified atom stereocenters. The average molecular weight is 577 g/mol. The number of ether oxygens (including phenoxy) is 1. The molecule has 0 amide bonds. The van der Waals surface area contributed by atoms with E-state index in [4.69, 9.17) is 4.74 Å². The van der Waals surface area contributed by atoms with E-state index in [1.54, 1.807) is 31.7 Å². The smallest absolute Gasteiger partial charge is 0.164 e. The second kappa shape index (κ2) is 8.35. The zero-order chi connectivity index (χ0) is 20.7. The number of aromatic nitrogens is 6. The summed E-state index contributed by atoms with van der Waals surface area (Å²) >= 11 is 5.48. The number of aliphatic hydroxyl groups excluding tert-OH is 3. The molecule has 0 radical (unpaired) electrons. The highest BCUT2D eigenvalue weighted by Gasteiger charge is 2.48. The summed E-state index contributed by atoms with van der Waals surface area (Å²) in [7, 11) is 0. The van der Waals surface area contributed by atoms with Gasteiger partial charge in [0.1, 0.15) is 36.3 Å². The van der Waals surface area contributed by atoms with Crippen LogP contribution in [-0.4, -0.2) is 69.8 Å². The van der Waals surface area contributed by atoms with Crippen molar-refractivity contribution >= 4 is 38.5 Å². The van der Waals surface area contributed by atoms with Crippen molar-refractivity contribution < 1.29 is 20.1 Å². The van der Waals surface area contributed by atoms with Gasteiger partial charge >= 0.3 is 0 Å². The van der Waals surface area contributed by atoms with E-state index in [9.17, 15) is 15.3 Å². The topological polar surface area (TPSA) is 131 Å². The second-order valence-electron chi connectivity index (χ2n) is 6.68. The molecule has 0 aliphatic carbocycles. The molecule has 0 saturated carbocycles. The highest BCUT2D eigenvalue weighted by molar-refractivity contribution is 14.1.